The third kappa shape index (κ3) is 4.91. The molecule has 33 heavy (non-hydrogen) atoms. The Balaban J connectivity index is 2.27. The number of alkyl halides is 3. The third-order valence-electron chi connectivity index (χ3n) is 4.91. The van der Waals surface area contributed by atoms with Crippen LogP contribution in [0.15, 0.2) is 42.6 Å². The number of aryl methyl sites for hydroxylation is 1. The van der Waals surface area contributed by atoms with E-state index in [9.17, 15) is 18.0 Å². The lowest BCUT2D eigenvalue weighted by Gasteiger charge is -2.27. The van der Waals surface area contributed by atoms with E-state index >= 15 is 0 Å². The van der Waals surface area contributed by atoms with E-state index in [0.29, 0.717) is 33.2 Å². The number of nitrogens with two attached hydrogens (primary N) is 1. The summed E-state index contributed by atoms with van der Waals surface area (Å²) in [7, 11) is 3.03. The zero-order chi connectivity index (χ0) is 24.3. The van der Waals surface area contributed by atoms with Crippen LogP contribution in [0.4, 0.5) is 24.5 Å². The lowest BCUT2D eigenvalue weighted by molar-refractivity contribution is -0.169. The number of aromatic nitrogens is 2. The Kier molecular flexibility index (Phi) is 7.19. The molecule has 0 unspecified atom stereocenters. The molecule has 0 fully saturated rings. The van der Waals surface area contributed by atoms with Gasteiger partial charge in [0.2, 0.25) is 0 Å². The van der Waals surface area contributed by atoms with Gasteiger partial charge in [0, 0.05) is 24.7 Å². The van der Waals surface area contributed by atoms with Crippen molar-refractivity contribution in [2.45, 2.75) is 13.1 Å². The van der Waals surface area contributed by atoms with Crippen molar-refractivity contribution in [3.63, 3.8) is 0 Å². The van der Waals surface area contributed by atoms with Crippen LogP contribution in [-0.4, -0.2) is 42.1 Å². The highest BCUT2D eigenvalue weighted by molar-refractivity contribution is 6.33. The predicted molar refractivity (Wildman–Crippen MR) is 119 cm³/mol. The second kappa shape index (κ2) is 9.72. The van der Waals surface area contributed by atoms with Crippen molar-refractivity contribution < 1.29 is 27.4 Å². The normalized spacial score (nSPS) is 11.4. The summed E-state index contributed by atoms with van der Waals surface area (Å²) in [6.45, 7) is 1.96. The van der Waals surface area contributed by atoms with Crippen LogP contribution >= 0.6 is 11.6 Å². The summed E-state index contributed by atoms with van der Waals surface area (Å²) in [6.07, 6.45) is -3.73. The molecular formula is C22H22ClF3N4O3. The largest absolute Gasteiger partial charge is 0.496 e. The van der Waals surface area contributed by atoms with E-state index in [1.807, 2.05) is 0 Å². The molecule has 11 heteroatoms. The van der Waals surface area contributed by atoms with Gasteiger partial charge in [-0.3, -0.25) is 14.4 Å². The molecule has 1 aromatic heterocycles. The first-order chi connectivity index (χ1) is 15.6. The maximum atomic E-state index is 13.6. The van der Waals surface area contributed by atoms with Crippen molar-refractivity contribution >= 4 is 28.9 Å². The van der Waals surface area contributed by atoms with E-state index < -0.39 is 12.1 Å². The first-order valence-electron chi connectivity index (χ1n) is 9.79. The van der Waals surface area contributed by atoms with Gasteiger partial charge in [0.05, 0.1) is 35.4 Å². The highest BCUT2D eigenvalue weighted by Crippen LogP contribution is 2.41. The van der Waals surface area contributed by atoms with Crippen molar-refractivity contribution in [1.82, 2.24) is 9.78 Å². The molecule has 0 saturated carbocycles. The van der Waals surface area contributed by atoms with Crippen LogP contribution < -0.4 is 20.1 Å². The lowest BCUT2D eigenvalue weighted by Crippen LogP contribution is -2.38. The number of carbonyl (C=O) groups excluding carboxylic acids is 1. The predicted octanol–water partition coefficient (Wildman–Crippen LogP) is 4.62. The molecule has 1 amide bonds. The molecular weight excluding hydrogens is 461 g/mol. The third-order valence-corrected chi connectivity index (χ3v) is 5.18. The summed E-state index contributed by atoms with van der Waals surface area (Å²) >= 11 is 6.29. The SMILES string of the molecule is COc1cccc(N(C(=O)C(F)(F)F)c2ccc(OCCN)c(-c3c(Cl)cnn3C)c2)c1C. The summed E-state index contributed by atoms with van der Waals surface area (Å²) in [5.74, 6) is -1.39. The number of halogens is 4. The van der Waals surface area contributed by atoms with Crippen LogP contribution in [0.3, 0.4) is 0 Å². The van der Waals surface area contributed by atoms with Gasteiger partial charge in [0.1, 0.15) is 18.1 Å². The summed E-state index contributed by atoms with van der Waals surface area (Å²) in [5, 5.41) is 4.35. The maximum Gasteiger partial charge on any atom is 0.472 e. The van der Waals surface area contributed by atoms with Gasteiger partial charge in [-0.15, -0.1) is 0 Å². The number of hydrogen-bond donors (Lipinski definition) is 1. The van der Waals surface area contributed by atoms with Crippen molar-refractivity contribution in [2.75, 3.05) is 25.2 Å². The molecule has 3 rings (SSSR count). The Hall–Kier alpha value is -3.24. The van der Waals surface area contributed by atoms with Crippen LogP contribution in [0.5, 0.6) is 11.5 Å². The second-order valence-electron chi connectivity index (χ2n) is 7.03. The van der Waals surface area contributed by atoms with Gasteiger partial charge in [0.25, 0.3) is 0 Å². The van der Waals surface area contributed by atoms with Crippen molar-refractivity contribution in [1.29, 1.82) is 0 Å². The minimum atomic E-state index is -5.13. The zero-order valence-corrected chi connectivity index (χ0v) is 18.9. The van der Waals surface area contributed by atoms with E-state index in [4.69, 9.17) is 26.8 Å². The standard InChI is InChI=1S/C22H22ClF3N4O3/c1-13-17(5-4-6-18(13)32-3)30(21(31)22(24,25)26)14-7-8-19(33-10-9-27)15(11-14)20-16(23)12-28-29(20)2/h4-8,11-12H,9-10,27H2,1-3H3. The Morgan fingerprint density at radius 3 is 2.55 bits per heavy atom. The quantitative estimate of drug-likeness (QED) is 0.531. The fourth-order valence-electron chi connectivity index (χ4n) is 3.41. The molecule has 1 heterocycles. The molecule has 176 valence electrons. The summed E-state index contributed by atoms with van der Waals surface area (Å²) < 4.78 is 53.3. The summed E-state index contributed by atoms with van der Waals surface area (Å²) in [5.41, 5.74) is 6.64. The number of nitrogens with zero attached hydrogens (tertiary/aromatic N) is 3. The molecule has 0 radical (unpaired) electrons. The smallest absolute Gasteiger partial charge is 0.472 e. The molecule has 3 aromatic rings. The highest BCUT2D eigenvalue weighted by Gasteiger charge is 2.44. The summed E-state index contributed by atoms with van der Waals surface area (Å²) in [4.78, 5) is 13.2. The van der Waals surface area contributed by atoms with Gasteiger partial charge in [-0.05, 0) is 37.3 Å². The van der Waals surface area contributed by atoms with Crippen molar-refractivity contribution in [3.8, 4) is 22.8 Å². The molecule has 0 aliphatic rings. The maximum absolute atomic E-state index is 13.6. The number of anilines is 2. The van der Waals surface area contributed by atoms with Crippen LogP contribution in [0.25, 0.3) is 11.3 Å². The fourth-order valence-corrected chi connectivity index (χ4v) is 3.68. The number of hydrogen-bond acceptors (Lipinski definition) is 5. The van der Waals surface area contributed by atoms with Crippen molar-refractivity contribution in [2.24, 2.45) is 12.8 Å². The monoisotopic (exact) mass is 482 g/mol. The van der Waals surface area contributed by atoms with Gasteiger partial charge < -0.3 is 15.2 Å². The highest BCUT2D eigenvalue weighted by atomic mass is 35.5. The van der Waals surface area contributed by atoms with Crippen LogP contribution in [0, 0.1) is 6.92 Å². The van der Waals surface area contributed by atoms with E-state index in [1.54, 1.807) is 20.0 Å². The number of benzene rings is 2. The van der Waals surface area contributed by atoms with Crippen LogP contribution in [0.1, 0.15) is 5.56 Å². The zero-order valence-electron chi connectivity index (χ0n) is 18.1. The first-order valence-corrected chi connectivity index (χ1v) is 10.2. The fraction of sp³-hybridized carbons (Fsp3) is 0.273. The Labute approximate surface area is 193 Å². The Morgan fingerprint density at radius 2 is 1.97 bits per heavy atom. The van der Waals surface area contributed by atoms with Crippen molar-refractivity contribution in [3.05, 3.63) is 53.2 Å². The van der Waals surface area contributed by atoms with Gasteiger partial charge >= 0.3 is 12.1 Å². The van der Waals surface area contributed by atoms with Gasteiger partial charge in [-0.1, -0.05) is 17.7 Å². The van der Waals surface area contributed by atoms with Crippen LogP contribution in [-0.2, 0) is 11.8 Å². The van der Waals surface area contributed by atoms with E-state index in [1.165, 1.54) is 48.3 Å². The van der Waals surface area contributed by atoms with Gasteiger partial charge in [-0.2, -0.15) is 18.3 Å². The average molecular weight is 483 g/mol. The Bertz CT molecular complexity index is 1140. The number of ether oxygens (including phenoxy) is 2. The van der Waals surface area contributed by atoms with Gasteiger partial charge in [-0.25, -0.2) is 0 Å². The topological polar surface area (TPSA) is 82.6 Å². The molecule has 0 aliphatic heterocycles. The number of methoxy groups -OCH3 is 1. The van der Waals surface area contributed by atoms with E-state index in [2.05, 4.69) is 5.10 Å². The van der Waals surface area contributed by atoms with E-state index in [0.717, 1.165) is 0 Å². The molecule has 0 aliphatic carbocycles. The lowest BCUT2D eigenvalue weighted by atomic mass is 10.1. The second-order valence-corrected chi connectivity index (χ2v) is 7.43. The summed E-state index contributed by atoms with van der Waals surface area (Å²) in [6, 6.07) is 8.75. The minimum absolute atomic E-state index is 0.0226. The average Bonchev–Trinajstić information content (AvgIpc) is 3.11. The molecule has 7 nitrogen and oxygen atoms in total. The molecule has 0 spiro atoms. The molecule has 0 bridgehead atoms. The van der Waals surface area contributed by atoms with Gasteiger partial charge in [0.15, 0.2) is 0 Å². The number of carbonyl (C=O) groups is 1. The Morgan fingerprint density at radius 1 is 1.24 bits per heavy atom. The molecule has 0 saturated heterocycles. The molecule has 2 aromatic carbocycles. The first kappa shape index (κ1) is 24.4. The van der Waals surface area contributed by atoms with E-state index in [-0.39, 0.29) is 29.5 Å². The number of rotatable bonds is 7. The minimum Gasteiger partial charge on any atom is -0.496 e. The molecule has 0 atom stereocenters. The number of amides is 1. The molecule has 2 N–H and O–H groups in total. The van der Waals surface area contributed by atoms with Crippen LogP contribution in [0.2, 0.25) is 5.02 Å².